The lowest BCUT2D eigenvalue weighted by Gasteiger charge is -2.28. The molecular formula is C28H34N4O10. The molecule has 2 aromatic rings. The monoisotopic (exact) mass is 586 g/mol. The maximum atomic E-state index is 12.4. The normalized spacial score (nSPS) is 15.3. The van der Waals surface area contributed by atoms with Gasteiger partial charge in [0.05, 0.1) is 45.8 Å². The van der Waals surface area contributed by atoms with Crippen molar-refractivity contribution in [3.8, 4) is 28.7 Å². The van der Waals surface area contributed by atoms with Gasteiger partial charge in [0.15, 0.2) is 29.2 Å². The average molecular weight is 587 g/mol. The first kappa shape index (κ1) is 31.5. The fraction of sp³-hybridized carbons (Fsp3) is 0.357. The number of nitrogens with one attached hydrogen (secondary N) is 3. The highest BCUT2D eigenvalue weighted by molar-refractivity contribution is 5.95. The third-order valence-electron chi connectivity index (χ3n) is 5.84. The molecule has 2 atom stereocenters. The van der Waals surface area contributed by atoms with E-state index in [1.54, 1.807) is 44.2 Å². The van der Waals surface area contributed by atoms with E-state index in [1.807, 2.05) is 0 Å². The van der Waals surface area contributed by atoms with Gasteiger partial charge in [-0.3, -0.25) is 10.2 Å². The van der Waals surface area contributed by atoms with Gasteiger partial charge in [-0.1, -0.05) is 6.07 Å². The summed E-state index contributed by atoms with van der Waals surface area (Å²) in [7, 11) is 4.10. The number of nitrogens with zero attached hydrogens (tertiary/aromatic N) is 1. The first-order valence-corrected chi connectivity index (χ1v) is 12.8. The van der Waals surface area contributed by atoms with Gasteiger partial charge in [-0.2, -0.15) is 5.10 Å². The van der Waals surface area contributed by atoms with Crippen molar-refractivity contribution >= 4 is 24.2 Å². The summed E-state index contributed by atoms with van der Waals surface area (Å²) in [5.74, 6) is 0.197. The minimum atomic E-state index is -1.21. The Labute approximate surface area is 242 Å². The van der Waals surface area contributed by atoms with Gasteiger partial charge in [-0.15, -0.1) is 0 Å². The molecule has 42 heavy (non-hydrogen) atoms. The van der Waals surface area contributed by atoms with Crippen LogP contribution in [0.4, 0.5) is 4.79 Å². The third-order valence-corrected chi connectivity index (χ3v) is 5.84. The van der Waals surface area contributed by atoms with Crippen LogP contribution in [0.3, 0.4) is 0 Å². The Bertz CT molecular complexity index is 1350. The molecule has 2 aromatic carbocycles. The predicted octanol–water partition coefficient (Wildman–Crippen LogP) is 2.15. The van der Waals surface area contributed by atoms with Crippen LogP contribution in [0.2, 0.25) is 0 Å². The number of carbonyl (C=O) groups excluding carboxylic acids is 3. The van der Waals surface area contributed by atoms with Crippen LogP contribution in [0.5, 0.6) is 28.7 Å². The number of urea groups is 1. The van der Waals surface area contributed by atoms with Gasteiger partial charge in [0, 0.05) is 18.2 Å². The number of amides is 2. The number of benzene rings is 2. The topological polar surface area (TPSA) is 175 Å². The predicted molar refractivity (Wildman–Crippen MR) is 150 cm³/mol. The van der Waals surface area contributed by atoms with E-state index in [0.717, 1.165) is 0 Å². The summed E-state index contributed by atoms with van der Waals surface area (Å²) >= 11 is 0. The Morgan fingerprint density at radius 3 is 2.36 bits per heavy atom. The number of aliphatic hydroxyl groups is 1. The molecule has 3 rings (SSSR count). The fourth-order valence-corrected chi connectivity index (χ4v) is 4.04. The van der Waals surface area contributed by atoms with E-state index in [2.05, 4.69) is 21.2 Å². The minimum Gasteiger partial charge on any atom is -0.493 e. The number of hydrogen-bond acceptors (Lipinski definition) is 12. The zero-order chi connectivity index (χ0) is 30.8. The van der Waals surface area contributed by atoms with Crippen molar-refractivity contribution in [2.24, 2.45) is 5.10 Å². The van der Waals surface area contributed by atoms with Crippen LogP contribution in [0.1, 0.15) is 37.9 Å². The minimum absolute atomic E-state index is 0.136. The summed E-state index contributed by atoms with van der Waals surface area (Å²) in [5.41, 5.74) is 4.28. The van der Waals surface area contributed by atoms with Crippen molar-refractivity contribution in [2.75, 3.05) is 34.5 Å². The second-order valence-corrected chi connectivity index (χ2v) is 8.76. The quantitative estimate of drug-likeness (QED) is 0.0890. The Hall–Kier alpha value is -4.98. The molecule has 0 aromatic heterocycles. The molecule has 2 amide bonds. The Morgan fingerprint density at radius 1 is 1.07 bits per heavy atom. The molecule has 0 fully saturated rings. The summed E-state index contributed by atoms with van der Waals surface area (Å²) in [6.07, 6.45) is 0.202. The molecule has 1 aliphatic rings. The molecule has 0 spiro atoms. The van der Waals surface area contributed by atoms with Crippen molar-refractivity contribution in [1.29, 1.82) is 0 Å². The number of carbonyl (C=O) groups is 3. The van der Waals surface area contributed by atoms with Crippen LogP contribution in [0.15, 0.2) is 46.7 Å². The van der Waals surface area contributed by atoms with Gasteiger partial charge in [-0.05, 0) is 43.7 Å². The van der Waals surface area contributed by atoms with Gasteiger partial charge < -0.3 is 44.2 Å². The van der Waals surface area contributed by atoms with Gasteiger partial charge in [0.1, 0.15) is 6.61 Å². The van der Waals surface area contributed by atoms with Crippen molar-refractivity contribution < 1.29 is 47.9 Å². The zero-order valence-electron chi connectivity index (χ0n) is 24.1. The largest absolute Gasteiger partial charge is 0.493 e. The smallest absolute Gasteiger partial charge is 0.337 e. The van der Waals surface area contributed by atoms with Crippen LogP contribution in [-0.2, 0) is 14.3 Å². The number of ether oxygens (including phenoxy) is 6. The van der Waals surface area contributed by atoms with Crippen LogP contribution in [-0.4, -0.2) is 70.1 Å². The standard InChI is InChI=1S/C28H34N4O10/c1-7-40-20-12-18(25-24(27(35)39-6)15(2)30-28(36)31-25)8-9-19(20)41-14-23(34)32-29-13-17-10-21(37-4)26(42-16(3)33)22(11-17)38-5/h8-13,23,25,32,34H,7,14H2,1-6H3,(H2,30,31,36)/b29-13+/t23-,25+/m1/s1. The van der Waals surface area contributed by atoms with Crippen LogP contribution >= 0.6 is 0 Å². The fourth-order valence-electron chi connectivity index (χ4n) is 4.04. The molecule has 1 aliphatic heterocycles. The Kier molecular flexibility index (Phi) is 11.0. The highest BCUT2D eigenvalue weighted by atomic mass is 16.6. The van der Waals surface area contributed by atoms with Gasteiger partial charge in [-0.25, -0.2) is 9.59 Å². The average Bonchev–Trinajstić information content (AvgIpc) is 2.96. The van der Waals surface area contributed by atoms with Crippen LogP contribution in [0.25, 0.3) is 0 Å². The Morgan fingerprint density at radius 2 is 1.76 bits per heavy atom. The SMILES string of the molecule is CCOc1cc([C@@H]2NC(=O)NC(C)=C2C(=O)OC)ccc1OC[C@@H](O)N/N=C/c1cc(OC)c(OC(C)=O)c(OC)c1. The van der Waals surface area contributed by atoms with Crippen molar-refractivity contribution in [1.82, 2.24) is 16.1 Å². The first-order valence-electron chi connectivity index (χ1n) is 12.8. The first-order chi connectivity index (χ1) is 20.1. The highest BCUT2D eigenvalue weighted by Gasteiger charge is 2.32. The molecule has 0 bridgehead atoms. The summed E-state index contributed by atoms with van der Waals surface area (Å²) in [6.45, 7) is 4.78. The summed E-state index contributed by atoms with van der Waals surface area (Å²) in [6, 6.07) is 6.84. The molecule has 226 valence electrons. The van der Waals surface area contributed by atoms with E-state index < -0.39 is 30.2 Å². The summed E-state index contributed by atoms with van der Waals surface area (Å²) in [5, 5.41) is 19.7. The van der Waals surface area contributed by atoms with Gasteiger partial charge in [0.25, 0.3) is 0 Å². The number of aliphatic hydroxyl groups excluding tert-OH is 1. The van der Waals surface area contributed by atoms with Crippen LogP contribution < -0.4 is 39.7 Å². The lowest BCUT2D eigenvalue weighted by Crippen LogP contribution is -2.45. The molecule has 4 N–H and O–H groups in total. The lowest BCUT2D eigenvalue weighted by atomic mass is 9.95. The van der Waals surface area contributed by atoms with E-state index in [9.17, 15) is 19.5 Å². The lowest BCUT2D eigenvalue weighted by molar-refractivity contribution is -0.136. The van der Waals surface area contributed by atoms with Crippen molar-refractivity contribution in [2.45, 2.75) is 33.0 Å². The Balaban J connectivity index is 1.71. The molecule has 14 heteroatoms. The van der Waals surface area contributed by atoms with E-state index in [0.29, 0.717) is 34.9 Å². The number of esters is 2. The summed E-state index contributed by atoms with van der Waals surface area (Å²) < 4.78 is 32.1. The van der Waals surface area contributed by atoms with Crippen molar-refractivity contribution in [3.63, 3.8) is 0 Å². The molecule has 0 radical (unpaired) electrons. The molecule has 1 heterocycles. The molecule has 14 nitrogen and oxygen atoms in total. The number of hydrogen-bond donors (Lipinski definition) is 4. The number of allylic oxidation sites excluding steroid dienone is 1. The number of methoxy groups -OCH3 is 3. The molecule has 0 aliphatic carbocycles. The number of rotatable bonds is 13. The van der Waals surface area contributed by atoms with E-state index in [-0.39, 0.29) is 29.4 Å². The second kappa shape index (κ2) is 14.6. The maximum Gasteiger partial charge on any atom is 0.337 e. The summed E-state index contributed by atoms with van der Waals surface area (Å²) in [4.78, 5) is 35.9. The molecule has 0 saturated carbocycles. The van der Waals surface area contributed by atoms with Crippen molar-refractivity contribution in [3.05, 3.63) is 52.7 Å². The third kappa shape index (κ3) is 7.81. The molecular weight excluding hydrogens is 552 g/mol. The molecule has 0 saturated heterocycles. The maximum absolute atomic E-state index is 12.4. The molecule has 0 unspecified atom stereocenters. The van der Waals surface area contributed by atoms with E-state index in [1.165, 1.54) is 34.5 Å². The zero-order valence-corrected chi connectivity index (χ0v) is 24.1. The second-order valence-electron chi connectivity index (χ2n) is 8.76. The van der Waals surface area contributed by atoms with E-state index >= 15 is 0 Å². The van der Waals surface area contributed by atoms with Gasteiger partial charge in [0.2, 0.25) is 5.75 Å². The van der Waals surface area contributed by atoms with E-state index in [4.69, 9.17) is 28.4 Å². The van der Waals surface area contributed by atoms with Gasteiger partial charge >= 0.3 is 18.0 Å². The number of hydrazone groups is 1. The highest BCUT2D eigenvalue weighted by Crippen LogP contribution is 2.38. The van der Waals surface area contributed by atoms with Crippen LogP contribution in [0, 0.1) is 0 Å².